The summed E-state index contributed by atoms with van der Waals surface area (Å²) in [5, 5.41) is 22.7. The number of amides is 7. The summed E-state index contributed by atoms with van der Waals surface area (Å²) in [5.41, 5.74) is 9.30. The average molecular weight is 1240 g/mol. The number of fused-ring (bicyclic) bond motifs is 2. The van der Waals surface area contributed by atoms with Crippen LogP contribution in [0.15, 0.2) is 66.2 Å². The van der Waals surface area contributed by atoms with Crippen LogP contribution in [0.5, 0.6) is 5.75 Å². The monoisotopic (exact) mass is 1240 g/mol. The number of primary amides is 1. The van der Waals surface area contributed by atoms with Crippen molar-refractivity contribution in [3.8, 4) is 16.2 Å². The maximum Gasteiger partial charge on any atom is 0.396 e. The number of ether oxygens (including phenoxy) is 1. The molecule has 3 saturated heterocycles. The van der Waals surface area contributed by atoms with Crippen LogP contribution in [-0.2, 0) is 39.8 Å². The van der Waals surface area contributed by atoms with Crippen molar-refractivity contribution < 1.29 is 66.9 Å². The number of nitrogens with two attached hydrogens (primary N) is 1. The standard InChI is InChI=1S/C62H79FN9O13PS/c1-34-26-39(12-8-7-9-15-52(75)70-55(62(4,5)6)60(80)71-31-44(73)30-49(71)58(78)66-35(2)37-16-18-38(19-17-37)54-36(3)65-33-87-54)53(63)50(27-34)85-32-42(21-25-51(64)74)67-57(77)48-24-22-43-13-10-11-14-46(59(79)72(43)48)69-56(76)47-29-41-28-40(20-23-45(41)68-47)61(81)86(82,83)84/h16-20,23,26-29,33,35,42-44,46,48-49,55,68,73H,7-15,21-22,24-25,30-32H2,1-6H3,(H2,64,74)(H,66,78)(H,67,77)(H,69,76)(H,70,75)(H2,82,83,84)/t35-,42-,43-,44+,46-,48-,49-,55+/m0/s1. The van der Waals surface area contributed by atoms with E-state index in [0.29, 0.717) is 73.4 Å². The summed E-state index contributed by atoms with van der Waals surface area (Å²) in [7, 11) is -5.06. The molecular formula is C62H79FN9O13PS. The molecule has 0 spiro atoms. The molecule has 0 bridgehead atoms. The zero-order valence-electron chi connectivity index (χ0n) is 49.9. The number of carbonyl (C=O) groups is 8. The molecule has 3 aliphatic rings. The molecule has 87 heavy (non-hydrogen) atoms. The number of halogens is 1. The highest BCUT2D eigenvalue weighted by Gasteiger charge is 2.46. The predicted octanol–water partition coefficient (Wildman–Crippen LogP) is 6.70. The fourth-order valence-corrected chi connectivity index (χ4v) is 13.1. The van der Waals surface area contributed by atoms with Crippen LogP contribution in [0.4, 0.5) is 4.39 Å². The normalized spacial score (nSPS) is 20.0. The molecule has 0 unspecified atom stereocenters. The number of hydrogen-bond acceptors (Lipinski definition) is 13. The van der Waals surface area contributed by atoms with Crippen molar-refractivity contribution in [2.24, 2.45) is 11.1 Å². The summed E-state index contributed by atoms with van der Waals surface area (Å²) in [6, 6.07) is 10.9. The minimum Gasteiger partial charge on any atom is -0.488 e. The Balaban J connectivity index is 0.828. The molecule has 0 radical (unpaired) electrons. The Hall–Kier alpha value is -7.37. The number of aliphatic hydroxyl groups excluding tert-OH is 1. The Kier molecular flexibility index (Phi) is 21.3. The molecular weight excluding hydrogens is 1160 g/mol. The lowest BCUT2D eigenvalue weighted by Crippen LogP contribution is -2.57. The number of aliphatic hydroxyl groups is 1. The molecule has 22 nitrogen and oxygen atoms in total. The van der Waals surface area contributed by atoms with Crippen LogP contribution in [0.2, 0.25) is 0 Å². The fraction of sp³-hybridized carbons (Fsp3) is 0.500. The number of unbranched alkanes of at least 4 members (excludes halogenated alkanes) is 2. The van der Waals surface area contributed by atoms with Gasteiger partial charge in [-0.3, -0.25) is 42.9 Å². The fourth-order valence-electron chi connectivity index (χ4n) is 11.8. The number of carbonyl (C=O) groups excluding carboxylic acids is 8. The van der Waals surface area contributed by atoms with E-state index in [4.69, 9.17) is 10.5 Å². The first kappa shape index (κ1) is 65.6. The first-order valence-corrected chi connectivity index (χ1v) is 32.1. The van der Waals surface area contributed by atoms with Crippen LogP contribution in [0.25, 0.3) is 21.3 Å². The maximum absolute atomic E-state index is 16.3. The van der Waals surface area contributed by atoms with E-state index >= 15 is 4.39 Å². The molecule has 3 fully saturated rings. The lowest BCUT2D eigenvalue weighted by molar-refractivity contribution is -0.144. The second-order valence-electron chi connectivity index (χ2n) is 24.3. The summed E-state index contributed by atoms with van der Waals surface area (Å²) >= 11 is 1.55. The summed E-state index contributed by atoms with van der Waals surface area (Å²) in [6.45, 7) is 10.7. The first-order valence-electron chi connectivity index (χ1n) is 29.6. The van der Waals surface area contributed by atoms with E-state index in [1.54, 1.807) is 29.8 Å². The molecule has 3 aromatic carbocycles. The number of aryl methyl sites for hydroxylation is 3. The van der Waals surface area contributed by atoms with Crippen LogP contribution in [0.3, 0.4) is 0 Å². The minimum absolute atomic E-state index is 0.0368. The summed E-state index contributed by atoms with van der Waals surface area (Å²) in [4.78, 5) is 138. The minimum atomic E-state index is -5.06. The van der Waals surface area contributed by atoms with Gasteiger partial charge < -0.3 is 61.4 Å². The number of aromatic nitrogens is 2. The lowest BCUT2D eigenvalue weighted by atomic mass is 9.85. The number of rotatable bonds is 24. The predicted molar refractivity (Wildman–Crippen MR) is 324 cm³/mol. The average Bonchev–Trinajstić information content (AvgIpc) is 2.48. The molecule has 0 saturated carbocycles. The van der Waals surface area contributed by atoms with E-state index in [2.05, 4.69) is 31.2 Å². The topological polar surface area (TPSA) is 333 Å². The molecule has 3 aliphatic heterocycles. The second-order valence-corrected chi connectivity index (χ2v) is 26.7. The van der Waals surface area contributed by atoms with Gasteiger partial charge in [0.1, 0.15) is 36.5 Å². The van der Waals surface area contributed by atoms with Crippen molar-refractivity contribution in [3.05, 3.63) is 106 Å². The smallest absolute Gasteiger partial charge is 0.396 e. The van der Waals surface area contributed by atoms with Gasteiger partial charge in [-0.25, -0.2) is 9.37 Å². The van der Waals surface area contributed by atoms with Crippen molar-refractivity contribution in [1.82, 2.24) is 41.0 Å². The van der Waals surface area contributed by atoms with Crippen molar-refractivity contribution in [1.29, 1.82) is 0 Å². The molecule has 10 N–H and O–H groups in total. The van der Waals surface area contributed by atoms with Gasteiger partial charge in [-0.1, -0.05) is 70.4 Å². The third kappa shape index (κ3) is 16.4. The number of nitrogens with zero attached hydrogens (tertiary/aromatic N) is 3. The van der Waals surface area contributed by atoms with Gasteiger partial charge in [-0.05, 0) is 130 Å². The number of benzene rings is 3. The van der Waals surface area contributed by atoms with Gasteiger partial charge in [-0.15, -0.1) is 11.3 Å². The van der Waals surface area contributed by atoms with Gasteiger partial charge in [0.25, 0.3) is 11.4 Å². The van der Waals surface area contributed by atoms with Gasteiger partial charge in [-0.2, -0.15) is 0 Å². The largest absolute Gasteiger partial charge is 0.488 e. The Morgan fingerprint density at radius 1 is 0.897 bits per heavy atom. The zero-order chi connectivity index (χ0) is 63.1. The third-order valence-corrected chi connectivity index (χ3v) is 18.3. The molecule has 468 valence electrons. The maximum atomic E-state index is 16.3. The van der Waals surface area contributed by atoms with Gasteiger partial charge in [0.2, 0.25) is 35.4 Å². The molecule has 8 atom stereocenters. The van der Waals surface area contributed by atoms with E-state index in [9.17, 15) is 57.8 Å². The number of aromatic amines is 1. The second kappa shape index (κ2) is 28.2. The van der Waals surface area contributed by atoms with Gasteiger partial charge in [0, 0.05) is 48.3 Å². The number of likely N-dealkylation sites (tertiary alicyclic amines) is 1. The number of thiazole rings is 1. The molecule has 0 aliphatic carbocycles. The van der Waals surface area contributed by atoms with Gasteiger partial charge in [0.05, 0.1) is 34.3 Å². The quantitative estimate of drug-likeness (QED) is 0.0229. The first-order chi connectivity index (χ1) is 41.2. The van der Waals surface area contributed by atoms with E-state index < -0.39 is 102 Å². The van der Waals surface area contributed by atoms with Crippen LogP contribution >= 0.6 is 18.9 Å². The van der Waals surface area contributed by atoms with Crippen LogP contribution in [0, 0.1) is 25.1 Å². The highest BCUT2D eigenvalue weighted by molar-refractivity contribution is 7.70. The number of nitrogens with one attached hydrogen (secondary N) is 5. The van der Waals surface area contributed by atoms with Crippen LogP contribution in [-0.4, -0.2) is 137 Å². The van der Waals surface area contributed by atoms with Crippen molar-refractivity contribution in [2.75, 3.05) is 13.2 Å². The van der Waals surface area contributed by atoms with Crippen molar-refractivity contribution >= 4 is 76.7 Å². The summed E-state index contributed by atoms with van der Waals surface area (Å²) < 4.78 is 33.9. The van der Waals surface area contributed by atoms with Crippen LogP contribution in [0.1, 0.15) is 160 Å². The lowest BCUT2D eigenvalue weighted by Gasteiger charge is -2.35. The van der Waals surface area contributed by atoms with Gasteiger partial charge >= 0.3 is 7.60 Å². The van der Waals surface area contributed by atoms with Crippen molar-refractivity contribution in [2.45, 2.75) is 180 Å². The Morgan fingerprint density at radius 3 is 2.31 bits per heavy atom. The van der Waals surface area contributed by atoms with E-state index in [1.807, 2.05) is 58.9 Å². The highest BCUT2D eigenvalue weighted by atomic mass is 32.1. The van der Waals surface area contributed by atoms with Crippen LogP contribution < -0.4 is 31.7 Å². The van der Waals surface area contributed by atoms with Crippen molar-refractivity contribution in [3.63, 3.8) is 0 Å². The van der Waals surface area contributed by atoms with E-state index in [-0.39, 0.29) is 74.2 Å². The Labute approximate surface area is 508 Å². The Bertz CT molecular complexity index is 3430. The Morgan fingerprint density at radius 2 is 1.62 bits per heavy atom. The molecule has 2 aromatic heterocycles. The zero-order valence-corrected chi connectivity index (χ0v) is 51.6. The summed E-state index contributed by atoms with van der Waals surface area (Å²) in [6.07, 6.45) is 3.97. The number of β-amino-alcohol motifs (C(OH)–C–C–N with tert-alkyl or cyclic N) is 1. The van der Waals surface area contributed by atoms with E-state index in [1.165, 1.54) is 40.1 Å². The molecule has 8 rings (SSSR count). The number of H-pyrrole nitrogens is 1. The van der Waals surface area contributed by atoms with E-state index in [0.717, 1.165) is 28.1 Å². The number of hydrogen-bond donors (Lipinski definition) is 9. The van der Waals surface area contributed by atoms with Gasteiger partial charge in [0.15, 0.2) is 11.6 Å². The molecule has 7 amide bonds. The molecule has 25 heteroatoms. The molecule has 5 aromatic rings. The molecule has 5 heterocycles. The summed E-state index contributed by atoms with van der Waals surface area (Å²) in [5.74, 6) is -4.19. The third-order valence-electron chi connectivity index (χ3n) is 16.5. The SMILES string of the molecule is Cc1cc(CCCCCC(=O)N[C@H](C(=O)N2C[C@H](O)C[C@H]2C(=O)N[C@@H](C)c2ccc(-c3scnc3C)cc2)C(C)(C)C)c(F)c(OC[C@H](CCC(N)=O)NC(=O)[C@@H]2CC[C@@H]3CCCC[C@H](NC(=O)c4cc5cc(C(=O)P(=O)(O)O)ccc5[nH]4)C(=O)N32)c1. The highest BCUT2D eigenvalue weighted by Crippen LogP contribution is 2.40.